The number of fused-ring (bicyclic) bond motifs is 2. The highest BCUT2D eigenvalue weighted by atomic mass is 35.5. The molecule has 4 heteroatoms. The van der Waals surface area contributed by atoms with E-state index in [1.165, 1.54) is 5.56 Å². The van der Waals surface area contributed by atoms with E-state index in [1.807, 2.05) is 12.1 Å². The molecule has 0 radical (unpaired) electrons. The van der Waals surface area contributed by atoms with Gasteiger partial charge in [-0.1, -0.05) is 23.7 Å². The number of rotatable bonds is 2. The Morgan fingerprint density at radius 1 is 1.17 bits per heavy atom. The predicted octanol–water partition coefficient (Wildman–Crippen LogP) is 2.27. The minimum Gasteiger partial charge on any atom is -0.378 e. The zero-order valence-electron chi connectivity index (χ0n) is 10.1. The first-order valence-electron chi connectivity index (χ1n) is 6.32. The molecular weight excluding hydrogens is 250 g/mol. The van der Waals surface area contributed by atoms with E-state index in [9.17, 15) is 4.79 Å². The van der Waals surface area contributed by atoms with Crippen LogP contribution in [0.5, 0.6) is 0 Å². The number of Topliss-reactive ketones (excluding diaryl/α,β-unsaturated/α-hetero) is 1. The van der Waals surface area contributed by atoms with Crippen molar-refractivity contribution in [1.29, 1.82) is 0 Å². The summed E-state index contributed by atoms with van der Waals surface area (Å²) in [5.74, 6) is 0.376. The zero-order valence-corrected chi connectivity index (χ0v) is 10.9. The average Bonchev–Trinajstić information content (AvgIpc) is 2.33. The Morgan fingerprint density at radius 2 is 1.78 bits per heavy atom. The second-order valence-electron chi connectivity index (χ2n) is 5.09. The van der Waals surface area contributed by atoms with Gasteiger partial charge in [-0.2, -0.15) is 0 Å². The molecule has 2 aliphatic heterocycles. The first-order chi connectivity index (χ1) is 8.72. The van der Waals surface area contributed by atoms with Crippen molar-refractivity contribution in [2.24, 2.45) is 0 Å². The van der Waals surface area contributed by atoms with Gasteiger partial charge in [0.2, 0.25) is 0 Å². The SMILES string of the molecule is O=C1CC2COCC(C1)N2Cc1ccc(Cl)cc1. The van der Waals surface area contributed by atoms with Crippen molar-refractivity contribution < 1.29 is 9.53 Å². The lowest BCUT2D eigenvalue weighted by molar-refractivity contribution is -0.136. The van der Waals surface area contributed by atoms with E-state index in [4.69, 9.17) is 16.3 Å². The molecule has 2 atom stereocenters. The van der Waals surface area contributed by atoms with Crippen LogP contribution in [0.25, 0.3) is 0 Å². The van der Waals surface area contributed by atoms with Gasteiger partial charge in [-0.3, -0.25) is 9.69 Å². The number of benzene rings is 1. The Bertz CT molecular complexity index is 430. The first kappa shape index (κ1) is 12.2. The lowest BCUT2D eigenvalue weighted by atomic mass is 9.92. The van der Waals surface area contributed by atoms with Gasteiger partial charge >= 0.3 is 0 Å². The number of halogens is 1. The topological polar surface area (TPSA) is 29.5 Å². The maximum absolute atomic E-state index is 11.6. The van der Waals surface area contributed by atoms with E-state index >= 15 is 0 Å². The monoisotopic (exact) mass is 265 g/mol. The molecule has 18 heavy (non-hydrogen) atoms. The third-order valence-electron chi connectivity index (χ3n) is 3.76. The lowest BCUT2D eigenvalue weighted by Gasteiger charge is -2.45. The van der Waals surface area contributed by atoms with Gasteiger partial charge in [0, 0.05) is 36.5 Å². The van der Waals surface area contributed by atoms with Gasteiger partial charge in [-0.15, -0.1) is 0 Å². The first-order valence-corrected chi connectivity index (χ1v) is 6.70. The third kappa shape index (κ3) is 2.44. The standard InChI is InChI=1S/C14H16ClNO2/c15-11-3-1-10(2-4-11)7-16-12-5-14(17)6-13(16)9-18-8-12/h1-4,12-13H,5-9H2. The molecule has 2 unspecified atom stereocenters. The summed E-state index contributed by atoms with van der Waals surface area (Å²) >= 11 is 5.89. The maximum atomic E-state index is 11.6. The highest BCUT2D eigenvalue weighted by Gasteiger charge is 2.37. The molecular formula is C14H16ClNO2. The predicted molar refractivity (Wildman–Crippen MR) is 69.6 cm³/mol. The Kier molecular flexibility index (Phi) is 3.37. The Balaban J connectivity index is 1.75. The van der Waals surface area contributed by atoms with Crippen LogP contribution in [-0.4, -0.2) is 36.0 Å². The number of nitrogens with zero attached hydrogens (tertiary/aromatic N) is 1. The molecule has 0 amide bonds. The summed E-state index contributed by atoms with van der Waals surface area (Å²) < 4.78 is 5.56. The van der Waals surface area contributed by atoms with E-state index in [2.05, 4.69) is 17.0 Å². The smallest absolute Gasteiger partial charge is 0.136 e. The summed E-state index contributed by atoms with van der Waals surface area (Å²) in [5.41, 5.74) is 1.24. The lowest BCUT2D eigenvalue weighted by Crippen LogP contribution is -2.56. The fourth-order valence-electron chi connectivity index (χ4n) is 2.85. The fourth-order valence-corrected chi connectivity index (χ4v) is 2.98. The summed E-state index contributed by atoms with van der Waals surface area (Å²) in [6.07, 6.45) is 1.26. The second kappa shape index (κ2) is 5.00. The summed E-state index contributed by atoms with van der Waals surface area (Å²) in [6.45, 7) is 2.23. The third-order valence-corrected chi connectivity index (χ3v) is 4.02. The molecule has 2 bridgehead atoms. The molecule has 2 fully saturated rings. The number of morpholine rings is 1. The van der Waals surface area contributed by atoms with Crippen LogP contribution in [0.4, 0.5) is 0 Å². The van der Waals surface area contributed by atoms with Crippen LogP contribution in [0.3, 0.4) is 0 Å². The van der Waals surface area contributed by atoms with Crippen LogP contribution >= 0.6 is 11.6 Å². The van der Waals surface area contributed by atoms with Crippen LogP contribution in [-0.2, 0) is 16.1 Å². The minimum absolute atomic E-state index is 0.251. The number of ketones is 1. The molecule has 0 aromatic heterocycles. The second-order valence-corrected chi connectivity index (χ2v) is 5.53. The molecule has 1 aromatic rings. The molecule has 3 rings (SSSR count). The number of hydrogen-bond acceptors (Lipinski definition) is 3. The molecule has 2 heterocycles. The highest BCUT2D eigenvalue weighted by Crippen LogP contribution is 2.27. The van der Waals surface area contributed by atoms with Gasteiger partial charge < -0.3 is 4.74 Å². The summed E-state index contributed by atoms with van der Waals surface area (Å²) in [4.78, 5) is 14.0. The molecule has 2 saturated heterocycles. The van der Waals surface area contributed by atoms with E-state index < -0.39 is 0 Å². The average molecular weight is 266 g/mol. The Labute approximate surface area is 112 Å². The molecule has 0 N–H and O–H groups in total. The van der Waals surface area contributed by atoms with Gasteiger partial charge in [0.1, 0.15) is 5.78 Å². The molecule has 2 aliphatic rings. The van der Waals surface area contributed by atoms with Crippen LogP contribution in [0.1, 0.15) is 18.4 Å². The van der Waals surface area contributed by atoms with Gasteiger partial charge in [-0.05, 0) is 17.7 Å². The van der Waals surface area contributed by atoms with Crippen molar-refractivity contribution in [2.75, 3.05) is 13.2 Å². The van der Waals surface area contributed by atoms with Gasteiger partial charge in [-0.25, -0.2) is 0 Å². The van der Waals surface area contributed by atoms with Crippen molar-refractivity contribution in [3.8, 4) is 0 Å². The molecule has 0 saturated carbocycles. The van der Waals surface area contributed by atoms with Crippen LogP contribution < -0.4 is 0 Å². The van der Waals surface area contributed by atoms with Gasteiger partial charge in [0.25, 0.3) is 0 Å². The molecule has 3 nitrogen and oxygen atoms in total. The maximum Gasteiger partial charge on any atom is 0.136 e. The van der Waals surface area contributed by atoms with Crippen LogP contribution in [0.2, 0.25) is 5.02 Å². The van der Waals surface area contributed by atoms with Crippen LogP contribution in [0, 0.1) is 0 Å². The van der Waals surface area contributed by atoms with E-state index in [0.29, 0.717) is 31.8 Å². The number of hydrogen-bond donors (Lipinski definition) is 0. The number of carbonyl (C=O) groups is 1. The van der Waals surface area contributed by atoms with Crippen molar-refractivity contribution in [3.63, 3.8) is 0 Å². The van der Waals surface area contributed by atoms with Crippen molar-refractivity contribution in [3.05, 3.63) is 34.9 Å². The molecule has 96 valence electrons. The quantitative estimate of drug-likeness (QED) is 0.822. The Morgan fingerprint density at radius 3 is 2.39 bits per heavy atom. The summed E-state index contributed by atoms with van der Waals surface area (Å²) in [7, 11) is 0. The van der Waals surface area contributed by atoms with E-state index in [1.54, 1.807) is 0 Å². The Hall–Kier alpha value is -0.900. The minimum atomic E-state index is 0.251. The van der Waals surface area contributed by atoms with Gasteiger partial charge in [0.05, 0.1) is 13.2 Å². The van der Waals surface area contributed by atoms with Crippen molar-refractivity contribution in [2.45, 2.75) is 31.5 Å². The molecule has 0 spiro atoms. The van der Waals surface area contributed by atoms with Gasteiger partial charge in [0.15, 0.2) is 0 Å². The number of piperidine rings is 1. The highest BCUT2D eigenvalue weighted by molar-refractivity contribution is 6.30. The van der Waals surface area contributed by atoms with Crippen LogP contribution in [0.15, 0.2) is 24.3 Å². The fraction of sp³-hybridized carbons (Fsp3) is 0.500. The normalized spacial score (nSPS) is 28.4. The van der Waals surface area contributed by atoms with E-state index in [-0.39, 0.29) is 12.1 Å². The number of ether oxygens (including phenoxy) is 1. The number of carbonyl (C=O) groups excluding carboxylic acids is 1. The van der Waals surface area contributed by atoms with E-state index in [0.717, 1.165) is 11.6 Å². The molecule has 1 aromatic carbocycles. The van der Waals surface area contributed by atoms with Crippen molar-refractivity contribution >= 4 is 17.4 Å². The summed E-state index contributed by atoms with van der Waals surface area (Å²) in [6, 6.07) is 8.43. The van der Waals surface area contributed by atoms with Crippen molar-refractivity contribution in [1.82, 2.24) is 4.90 Å². The largest absolute Gasteiger partial charge is 0.378 e. The summed E-state index contributed by atoms with van der Waals surface area (Å²) in [5, 5.41) is 0.760. The molecule has 0 aliphatic carbocycles. The zero-order chi connectivity index (χ0) is 12.5.